The fraction of sp³-hybridized carbons (Fsp3) is 0. The molecule has 0 saturated carbocycles. The molecule has 0 saturated heterocycles. The van der Waals surface area contributed by atoms with Gasteiger partial charge in [0.25, 0.3) is 0 Å². The zero-order valence-electron chi connectivity index (χ0n) is 10.7. The highest BCUT2D eigenvalue weighted by Crippen LogP contribution is 2.26. The standard InChI is InChI=1S/C15H9Cl2N3O/c16-13-2-1-12(7-14(13)17)20-8-11(9-21)15(19-20)10-3-5-18-6-4-10/h1-9H. The van der Waals surface area contributed by atoms with Crippen LogP contribution in [-0.4, -0.2) is 21.1 Å². The zero-order valence-corrected chi connectivity index (χ0v) is 12.2. The molecule has 6 heteroatoms. The van der Waals surface area contributed by atoms with Crippen LogP contribution in [-0.2, 0) is 0 Å². The van der Waals surface area contributed by atoms with E-state index in [9.17, 15) is 4.79 Å². The molecule has 0 radical (unpaired) electrons. The molecular weight excluding hydrogens is 309 g/mol. The monoisotopic (exact) mass is 317 g/mol. The molecule has 2 heterocycles. The minimum Gasteiger partial charge on any atom is -0.298 e. The second-order valence-electron chi connectivity index (χ2n) is 4.33. The Labute approximate surface area is 131 Å². The first-order valence-corrected chi connectivity index (χ1v) is 6.85. The third-order valence-electron chi connectivity index (χ3n) is 2.99. The van der Waals surface area contributed by atoms with Crippen LogP contribution >= 0.6 is 23.2 Å². The molecule has 0 aliphatic carbocycles. The van der Waals surface area contributed by atoms with Gasteiger partial charge in [0.15, 0.2) is 6.29 Å². The largest absolute Gasteiger partial charge is 0.298 e. The summed E-state index contributed by atoms with van der Waals surface area (Å²) in [6.45, 7) is 0. The van der Waals surface area contributed by atoms with Crippen LogP contribution in [0, 0.1) is 0 Å². The first-order valence-electron chi connectivity index (χ1n) is 6.09. The highest BCUT2D eigenvalue weighted by Gasteiger charge is 2.12. The maximum absolute atomic E-state index is 11.3. The van der Waals surface area contributed by atoms with Crippen LogP contribution < -0.4 is 0 Å². The lowest BCUT2D eigenvalue weighted by atomic mass is 10.1. The number of aldehydes is 1. The number of carbonyl (C=O) groups is 1. The summed E-state index contributed by atoms with van der Waals surface area (Å²) in [6.07, 6.45) is 5.74. The summed E-state index contributed by atoms with van der Waals surface area (Å²) < 4.78 is 1.60. The topological polar surface area (TPSA) is 47.8 Å². The fourth-order valence-electron chi connectivity index (χ4n) is 1.97. The Hall–Kier alpha value is -2.17. The Kier molecular flexibility index (Phi) is 3.73. The molecule has 0 aliphatic rings. The number of nitrogens with zero attached hydrogens (tertiary/aromatic N) is 3. The van der Waals surface area contributed by atoms with Gasteiger partial charge in [-0.2, -0.15) is 5.10 Å². The highest BCUT2D eigenvalue weighted by molar-refractivity contribution is 6.42. The van der Waals surface area contributed by atoms with E-state index in [1.165, 1.54) is 0 Å². The van der Waals surface area contributed by atoms with Crippen molar-refractivity contribution in [3.05, 3.63) is 64.5 Å². The van der Waals surface area contributed by atoms with E-state index in [1.807, 2.05) is 0 Å². The van der Waals surface area contributed by atoms with Gasteiger partial charge < -0.3 is 0 Å². The maximum atomic E-state index is 11.3. The summed E-state index contributed by atoms with van der Waals surface area (Å²) >= 11 is 11.9. The molecule has 2 aromatic heterocycles. The molecule has 21 heavy (non-hydrogen) atoms. The van der Waals surface area contributed by atoms with Gasteiger partial charge in [0, 0.05) is 24.2 Å². The summed E-state index contributed by atoms with van der Waals surface area (Å²) in [6, 6.07) is 8.77. The van der Waals surface area contributed by atoms with Gasteiger partial charge in [-0.3, -0.25) is 9.78 Å². The van der Waals surface area contributed by atoms with E-state index in [1.54, 1.807) is 53.6 Å². The van der Waals surface area contributed by atoms with Crippen LogP contribution in [0.15, 0.2) is 48.9 Å². The Morgan fingerprint density at radius 2 is 1.81 bits per heavy atom. The fourth-order valence-corrected chi connectivity index (χ4v) is 2.26. The summed E-state index contributed by atoms with van der Waals surface area (Å²) in [4.78, 5) is 15.2. The van der Waals surface area contributed by atoms with Crippen molar-refractivity contribution >= 4 is 29.5 Å². The predicted octanol–water partition coefficient (Wildman–Crippen LogP) is 4.05. The van der Waals surface area contributed by atoms with Crippen LogP contribution in [0.3, 0.4) is 0 Å². The van der Waals surface area contributed by atoms with Crippen LogP contribution in [0.1, 0.15) is 10.4 Å². The Balaban J connectivity index is 2.11. The zero-order chi connectivity index (χ0) is 14.8. The number of halogens is 2. The molecule has 3 aromatic rings. The van der Waals surface area contributed by atoms with Gasteiger partial charge in [0.1, 0.15) is 5.69 Å². The molecule has 0 unspecified atom stereocenters. The highest BCUT2D eigenvalue weighted by atomic mass is 35.5. The van der Waals surface area contributed by atoms with Crippen molar-refractivity contribution in [1.82, 2.24) is 14.8 Å². The molecule has 104 valence electrons. The first kappa shape index (κ1) is 13.8. The van der Waals surface area contributed by atoms with Crippen molar-refractivity contribution < 1.29 is 4.79 Å². The van der Waals surface area contributed by atoms with Crippen LogP contribution in [0.25, 0.3) is 16.9 Å². The lowest BCUT2D eigenvalue weighted by Gasteiger charge is -2.03. The molecule has 0 amide bonds. The minimum absolute atomic E-state index is 0.433. The molecule has 1 aromatic carbocycles. The van der Waals surface area contributed by atoms with E-state index >= 15 is 0 Å². The number of rotatable bonds is 3. The number of benzene rings is 1. The van der Waals surface area contributed by atoms with Gasteiger partial charge in [-0.25, -0.2) is 4.68 Å². The van der Waals surface area contributed by atoms with E-state index < -0.39 is 0 Å². The first-order chi connectivity index (χ1) is 10.2. The van der Waals surface area contributed by atoms with Crippen LogP contribution in [0.5, 0.6) is 0 Å². The van der Waals surface area contributed by atoms with Crippen molar-refractivity contribution in [2.24, 2.45) is 0 Å². The number of hydrogen-bond donors (Lipinski definition) is 0. The van der Waals surface area contributed by atoms with Crippen molar-refractivity contribution in [3.8, 4) is 16.9 Å². The van der Waals surface area contributed by atoms with Gasteiger partial charge in [0.2, 0.25) is 0 Å². The molecule has 0 fully saturated rings. The van der Waals surface area contributed by atoms with Gasteiger partial charge in [0.05, 0.1) is 21.3 Å². The molecule has 0 N–H and O–H groups in total. The van der Waals surface area contributed by atoms with Crippen molar-refractivity contribution in [3.63, 3.8) is 0 Å². The number of carbonyl (C=O) groups excluding carboxylic acids is 1. The predicted molar refractivity (Wildman–Crippen MR) is 82.2 cm³/mol. The lowest BCUT2D eigenvalue weighted by molar-refractivity contribution is 0.112. The third-order valence-corrected chi connectivity index (χ3v) is 3.73. The third kappa shape index (κ3) is 2.68. The van der Waals surface area contributed by atoms with Crippen LogP contribution in [0.4, 0.5) is 0 Å². The molecule has 3 rings (SSSR count). The van der Waals surface area contributed by atoms with Crippen LogP contribution in [0.2, 0.25) is 10.0 Å². The average molecular weight is 318 g/mol. The SMILES string of the molecule is O=Cc1cn(-c2ccc(Cl)c(Cl)c2)nc1-c1ccncc1. The van der Waals surface area contributed by atoms with Gasteiger partial charge >= 0.3 is 0 Å². The van der Waals surface area contributed by atoms with Crippen molar-refractivity contribution in [1.29, 1.82) is 0 Å². The quantitative estimate of drug-likeness (QED) is 0.684. The summed E-state index contributed by atoms with van der Waals surface area (Å²) in [5.74, 6) is 0. The Morgan fingerprint density at radius 1 is 1.05 bits per heavy atom. The van der Waals surface area contributed by atoms with E-state index in [2.05, 4.69) is 10.1 Å². The minimum atomic E-state index is 0.433. The van der Waals surface area contributed by atoms with E-state index in [-0.39, 0.29) is 0 Å². The number of aromatic nitrogens is 3. The average Bonchev–Trinajstić information content (AvgIpc) is 2.95. The van der Waals surface area contributed by atoms with Gasteiger partial charge in [-0.15, -0.1) is 0 Å². The number of pyridine rings is 1. The van der Waals surface area contributed by atoms with E-state index in [0.29, 0.717) is 21.3 Å². The normalized spacial score (nSPS) is 10.6. The maximum Gasteiger partial charge on any atom is 0.153 e. The molecule has 0 aliphatic heterocycles. The molecule has 0 atom stereocenters. The molecule has 0 spiro atoms. The number of hydrogen-bond acceptors (Lipinski definition) is 3. The smallest absolute Gasteiger partial charge is 0.153 e. The summed E-state index contributed by atoms with van der Waals surface area (Å²) in [7, 11) is 0. The van der Waals surface area contributed by atoms with Gasteiger partial charge in [-0.1, -0.05) is 23.2 Å². The molecular formula is C15H9Cl2N3O. The van der Waals surface area contributed by atoms with E-state index in [0.717, 1.165) is 17.5 Å². The Bertz CT molecular complexity index is 800. The van der Waals surface area contributed by atoms with Crippen molar-refractivity contribution in [2.75, 3.05) is 0 Å². The molecule has 0 bridgehead atoms. The van der Waals surface area contributed by atoms with E-state index in [4.69, 9.17) is 23.2 Å². The van der Waals surface area contributed by atoms with Crippen molar-refractivity contribution in [2.45, 2.75) is 0 Å². The second-order valence-corrected chi connectivity index (χ2v) is 5.14. The van der Waals surface area contributed by atoms with Gasteiger partial charge in [-0.05, 0) is 30.3 Å². The molecule has 4 nitrogen and oxygen atoms in total. The Morgan fingerprint density at radius 3 is 2.48 bits per heavy atom. The summed E-state index contributed by atoms with van der Waals surface area (Å²) in [5, 5.41) is 5.35. The lowest BCUT2D eigenvalue weighted by Crippen LogP contribution is -1.94. The second kappa shape index (κ2) is 5.68. The summed E-state index contributed by atoms with van der Waals surface area (Å²) in [5.41, 5.74) is 2.64.